The number of benzene rings is 1. The summed E-state index contributed by atoms with van der Waals surface area (Å²) in [5.41, 5.74) is 1.03. The van der Waals surface area contributed by atoms with Gasteiger partial charge in [-0.05, 0) is 36.3 Å². The lowest BCUT2D eigenvalue weighted by molar-refractivity contribution is 0.0923. The highest BCUT2D eigenvalue weighted by Gasteiger charge is 2.15. The highest BCUT2D eigenvalue weighted by molar-refractivity contribution is 7.21. The van der Waals surface area contributed by atoms with Crippen molar-refractivity contribution in [1.82, 2.24) is 5.32 Å². The minimum Gasteiger partial charge on any atom is -0.393 e. The molecule has 1 unspecified atom stereocenters. The highest BCUT2D eigenvalue weighted by atomic mass is 32.1. The first-order valence-electron chi connectivity index (χ1n) is 6.95. The second kappa shape index (κ2) is 6.37. The molecule has 1 atom stereocenters. The van der Waals surface area contributed by atoms with Crippen LogP contribution in [-0.2, 0) is 0 Å². The number of thiophene rings is 1. The molecule has 0 saturated carbocycles. The van der Waals surface area contributed by atoms with Gasteiger partial charge in [-0.15, -0.1) is 11.3 Å². The van der Waals surface area contributed by atoms with Crippen molar-refractivity contribution in [3.05, 3.63) is 34.7 Å². The Bertz CT molecular complexity index is 604. The van der Waals surface area contributed by atoms with E-state index in [0.29, 0.717) is 13.0 Å². The van der Waals surface area contributed by atoms with E-state index in [0.717, 1.165) is 20.5 Å². The summed E-state index contributed by atoms with van der Waals surface area (Å²) in [5.74, 6) is 0.178. The summed E-state index contributed by atoms with van der Waals surface area (Å²) in [4.78, 5) is 13.0. The summed E-state index contributed by atoms with van der Waals surface area (Å²) in [6, 6.07) is 8.05. The van der Waals surface area contributed by atoms with Gasteiger partial charge in [-0.1, -0.05) is 32.0 Å². The maximum atomic E-state index is 12.2. The Balaban J connectivity index is 2.03. The molecular weight excluding hydrogens is 270 g/mol. The van der Waals surface area contributed by atoms with E-state index in [1.807, 2.05) is 45.0 Å². The van der Waals surface area contributed by atoms with Gasteiger partial charge in [0.2, 0.25) is 0 Å². The number of aliphatic hydroxyl groups excluding tert-OH is 1. The lowest BCUT2D eigenvalue weighted by atomic mass is 10.0. The van der Waals surface area contributed by atoms with Crippen molar-refractivity contribution in [2.45, 2.75) is 33.3 Å². The second-order valence-electron chi connectivity index (χ2n) is 5.41. The molecular formula is C16H21NO2S. The van der Waals surface area contributed by atoms with E-state index in [9.17, 15) is 9.90 Å². The van der Waals surface area contributed by atoms with E-state index in [2.05, 4.69) is 5.32 Å². The zero-order chi connectivity index (χ0) is 14.7. The Kier molecular flexibility index (Phi) is 4.78. The summed E-state index contributed by atoms with van der Waals surface area (Å²) in [5, 5.41) is 13.8. The maximum Gasteiger partial charge on any atom is 0.261 e. The molecule has 3 nitrogen and oxygen atoms in total. The number of amides is 1. The van der Waals surface area contributed by atoms with Gasteiger partial charge in [0.1, 0.15) is 0 Å². The Morgan fingerprint density at radius 3 is 2.70 bits per heavy atom. The van der Waals surface area contributed by atoms with Crippen molar-refractivity contribution in [3.63, 3.8) is 0 Å². The van der Waals surface area contributed by atoms with Crippen LogP contribution in [0, 0.1) is 12.8 Å². The summed E-state index contributed by atoms with van der Waals surface area (Å²) in [6.45, 7) is 6.44. The third-order valence-electron chi connectivity index (χ3n) is 3.55. The van der Waals surface area contributed by atoms with Crippen LogP contribution in [0.4, 0.5) is 0 Å². The molecule has 4 heteroatoms. The number of rotatable bonds is 5. The fourth-order valence-electron chi connectivity index (χ4n) is 2.14. The summed E-state index contributed by atoms with van der Waals surface area (Å²) < 4.78 is 1.14. The van der Waals surface area contributed by atoms with Crippen LogP contribution in [0.1, 0.15) is 35.5 Å². The van der Waals surface area contributed by atoms with Crippen LogP contribution < -0.4 is 5.32 Å². The molecule has 0 aliphatic rings. The third-order valence-corrected chi connectivity index (χ3v) is 4.82. The van der Waals surface area contributed by atoms with E-state index in [1.54, 1.807) is 0 Å². The van der Waals surface area contributed by atoms with Crippen molar-refractivity contribution >= 4 is 27.3 Å². The van der Waals surface area contributed by atoms with Crippen LogP contribution in [0.5, 0.6) is 0 Å². The number of hydrogen-bond donors (Lipinski definition) is 2. The quantitative estimate of drug-likeness (QED) is 0.887. The fourth-order valence-corrected chi connectivity index (χ4v) is 3.26. The molecule has 0 radical (unpaired) electrons. The van der Waals surface area contributed by atoms with Crippen molar-refractivity contribution in [2.24, 2.45) is 5.92 Å². The molecule has 0 bridgehead atoms. The van der Waals surface area contributed by atoms with Crippen LogP contribution >= 0.6 is 11.3 Å². The minimum atomic E-state index is -0.362. The standard InChI is InChI=1S/C16H21NO2S/c1-10(2)13(18)8-9-17-16(19)15-11(3)12-6-4-5-7-14(12)20-15/h4-7,10,13,18H,8-9H2,1-3H3,(H,17,19). The lowest BCUT2D eigenvalue weighted by Crippen LogP contribution is -2.28. The Morgan fingerprint density at radius 2 is 2.05 bits per heavy atom. The van der Waals surface area contributed by atoms with Crippen LogP contribution in [0.15, 0.2) is 24.3 Å². The Labute approximate surface area is 123 Å². The zero-order valence-electron chi connectivity index (χ0n) is 12.1. The summed E-state index contributed by atoms with van der Waals surface area (Å²) in [6.07, 6.45) is 0.228. The van der Waals surface area contributed by atoms with Crippen molar-refractivity contribution in [1.29, 1.82) is 0 Å². The average Bonchev–Trinajstić information content (AvgIpc) is 2.76. The van der Waals surface area contributed by atoms with Gasteiger partial charge in [-0.25, -0.2) is 0 Å². The molecule has 1 aromatic carbocycles. The first kappa shape index (κ1) is 15.0. The number of aliphatic hydroxyl groups is 1. The predicted octanol–water partition coefficient (Wildman–Crippen LogP) is 3.35. The normalized spacial score (nSPS) is 12.8. The third kappa shape index (κ3) is 3.19. The minimum absolute atomic E-state index is 0.0420. The van der Waals surface area contributed by atoms with Gasteiger partial charge in [-0.2, -0.15) is 0 Å². The maximum absolute atomic E-state index is 12.2. The predicted molar refractivity (Wildman–Crippen MR) is 84.4 cm³/mol. The topological polar surface area (TPSA) is 49.3 Å². The molecule has 1 aromatic heterocycles. The fraction of sp³-hybridized carbons (Fsp3) is 0.438. The highest BCUT2D eigenvalue weighted by Crippen LogP contribution is 2.30. The van der Waals surface area contributed by atoms with Gasteiger partial charge < -0.3 is 10.4 Å². The second-order valence-corrected chi connectivity index (χ2v) is 6.46. The summed E-state index contributed by atoms with van der Waals surface area (Å²) in [7, 11) is 0. The molecule has 108 valence electrons. The van der Waals surface area contributed by atoms with Gasteiger partial charge in [0.25, 0.3) is 5.91 Å². The molecule has 0 aliphatic heterocycles. The molecule has 1 amide bonds. The van der Waals surface area contributed by atoms with Crippen LogP contribution in [0.2, 0.25) is 0 Å². The number of fused-ring (bicyclic) bond motifs is 1. The average molecular weight is 291 g/mol. The number of aryl methyl sites for hydroxylation is 1. The molecule has 0 saturated heterocycles. The number of carbonyl (C=O) groups excluding carboxylic acids is 1. The molecule has 1 heterocycles. The Morgan fingerprint density at radius 1 is 1.35 bits per heavy atom. The number of carbonyl (C=O) groups is 1. The summed E-state index contributed by atoms with van der Waals surface area (Å²) >= 11 is 1.52. The molecule has 2 aromatic rings. The van der Waals surface area contributed by atoms with Gasteiger partial charge in [0.05, 0.1) is 11.0 Å². The molecule has 0 fully saturated rings. The van der Waals surface area contributed by atoms with Gasteiger partial charge >= 0.3 is 0 Å². The van der Waals surface area contributed by atoms with Crippen molar-refractivity contribution < 1.29 is 9.90 Å². The van der Waals surface area contributed by atoms with Gasteiger partial charge in [-0.3, -0.25) is 4.79 Å². The molecule has 0 spiro atoms. The number of hydrogen-bond acceptors (Lipinski definition) is 3. The van der Waals surface area contributed by atoms with E-state index >= 15 is 0 Å². The van der Waals surface area contributed by atoms with Crippen molar-refractivity contribution in [3.8, 4) is 0 Å². The van der Waals surface area contributed by atoms with Gasteiger partial charge in [0.15, 0.2) is 0 Å². The monoisotopic (exact) mass is 291 g/mol. The van der Waals surface area contributed by atoms with E-state index in [4.69, 9.17) is 0 Å². The first-order valence-corrected chi connectivity index (χ1v) is 7.76. The molecule has 0 aliphatic carbocycles. The van der Waals surface area contributed by atoms with Crippen LogP contribution in [0.25, 0.3) is 10.1 Å². The molecule has 2 N–H and O–H groups in total. The van der Waals surface area contributed by atoms with Crippen molar-refractivity contribution in [2.75, 3.05) is 6.54 Å². The molecule has 20 heavy (non-hydrogen) atoms. The smallest absolute Gasteiger partial charge is 0.261 e. The van der Waals surface area contributed by atoms with E-state index in [1.165, 1.54) is 11.3 Å². The lowest BCUT2D eigenvalue weighted by Gasteiger charge is -2.14. The van der Waals surface area contributed by atoms with E-state index in [-0.39, 0.29) is 17.9 Å². The van der Waals surface area contributed by atoms with Crippen LogP contribution in [0.3, 0.4) is 0 Å². The Hall–Kier alpha value is -1.39. The SMILES string of the molecule is Cc1c(C(=O)NCCC(O)C(C)C)sc2ccccc12. The molecule has 2 rings (SSSR count). The number of nitrogens with one attached hydrogen (secondary N) is 1. The largest absolute Gasteiger partial charge is 0.393 e. The van der Waals surface area contributed by atoms with E-state index < -0.39 is 0 Å². The first-order chi connectivity index (χ1) is 9.50. The van der Waals surface area contributed by atoms with Crippen LogP contribution in [-0.4, -0.2) is 23.7 Å². The van der Waals surface area contributed by atoms with Gasteiger partial charge in [0, 0.05) is 11.2 Å². The zero-order valence-corrected chi connectivity index (χ0v) is 13.0.